The van der Waals surface area contributed by atoms with E-state index in [1.165, 1.54) is 12.1 Å². The summed E-state index contributed by atoms with van der Waals surface area (Å²) in [4.78, 5) is 40.1. The zero-order valence-corrected chi connectivity index (χ0v) is 29.0. The van der Waals surface area contributed by atoms with Crippen molar-refractivity contribution in [1.82, 2.24) is 0 Å². The van der Waals surface area contributed by atoms with Gasteiger partial charge >= 0.3 is 6.09 Å². The van der Waals surface area contributed by atoms with Crippen molar-refractivity contribution in [3.63, 3.8) is 0 Å². The highest BCUT2D eigenvalue weighted by molar-refractivity contribution is 6.30. The number of ether oxygens (including phenoxy) is 4. The van der Waals surface area contributed by atoms with Crippen molar-refractivity contribution in [2.24, 2.45) is 5.73 Å². The molecule has 52 heavy (non-hydrogen) atoms. The maximum absolute atomic E-state index is 13.7. The van der Waals surface area contributed by atoms with E-state index in [1.54, 1.807) is 49.4 Å². The van der Waals surface area contributed by atoms with Crippen molar-refractivity contribution < 1.29 is 48.7 Å². The fraction of sp³-hybridized carbons (Fsp3) is 0.308. The Bertz CT molecular complexity index is 1970. The molecule has 12 nitrogen and oxygen atoms in total. The van der Waals surface area contributed by atoms with Crippen molar-refractivity contribution >= 4 is 35.8 Å². The van der Waals surface area contributed by atoms with E-state index in [2.05, 4.69) is 5.32 Å². The number of rotatable bonds is 8. The summed E-state index contributed by atoms with van der Waals surface area (Å²) < 4.78 is 24.2. The summed E-state index contributed by atoms with van der Waals surface area (Å²) in [6.45, 7) is 1.60. The normalized spacial score (nSPS) is 24.9. The first-order valence-electron chi connectivity index (χ1n) is 16.8. The molecule has 0 spiro atoms. The lowest BCUT2D eigenvalue weighted by Crippen LogP contribution is -2.53. The minimum atomic E-state index is -1.84. The number of aromatic hydroxyl groups is 2. The average molecular weight is 731 g/mol. The number of carbonyl (C=O) groups is 3. The molecule has 0 saturated carbocycles. The molecule has 1 saturated heterocycles. The fourth-order valence-electron chi connectivity index (χ4n) is 7.23. The number of carbonyl (C=O) groups excluding carboxylic acids is 3. The summed E-state index contributed by atoms with van der Waals surface area (Å²) in [6, 6.07) is 23.9. The van der Waals surface area contributed by atoms with Gasteiger partial charge in [0.25, 0.3) is 0 Å². The van der Waals surface area contributed by atoms with Gasteiger partial charge in [0.1, 0.15) is 23.7 Å². The van der Waals surface area contributed by atoms with E-state index in [9.17, 15) is 29.7 Å². The highest BCUT2D eigenvalue weighted by Gasteiger charge is 2.48. The number of hydrogen-bond donors (Lipinski definition) is 5. The Hall–Kier alpha value is -4.82. The maximum atomic E-state index is 13.7. The van der Waals surface area contributed by atoms with E-state index in [0.717, 1.165) is 5.56 Å². The van der Waals surface area contributed by atoms with Crippen LogP contribution in [0.15, 0.2) is 84.9 Å². The van der Waals surface area contributed by atoms with E-state index in [0.29, 0.717) is 12.3 Å². The van der Waals surface area contributed by atoms with E-state index in [4.69, 9.17) is 24.7 Å². The predicted octanol–water partition coefficient (Wildman–Crippen LogP) is 5.33. The average Bonchev–Trinajstić information content (AvgIpc) is 3.11. The maximum Gasteiger partial charge on any atom is 0.411 e. The molecule has 2 aliphatic carbocycles. The van der Waals surface area contributed by atoms with Gasteiger partial charge in [-0.2, -0.15) is 0 Å². The van der Waals surface area contributed by atoms with Gasteiger partial charge in [0.05, 0.1) is 36.0 Å². The highest BCUT2D eigenvalue weighted by atomic mass is 35.5. The number of hydrogen-bond acceptors (Lipinski definition) is 11. The molecule has 1 amide bonds. The first-order chi connectivity index (χ1) is 24.5. The number of amides is 1. The van der Waals surface area contributed by atoms with Crippen LogP contribution in [0.5, 0.6) is 11.5 Å². The Morgan fingerprint density at radius 3 is 2.15 bits per heavy atom. The van der Waals surface area contributed by atoms with Gasteiger partial charge < -0.3 is 40.0 Å². The molecule has 0 bridgehead atoms. The molecule has 13 heteroatoms. The lowest BCUT2D eigenvalue weighted by Gasteiger charge is -2.43. The summed E-state index contributed by atoms with van der Waals surface area (Å²) in [7, 11) is 0. The molecular formula is C39H39ClN2O10. The Kier molecular flexibility index (Phi) is 10.7. The van der Waals surface area contributed by atoms with Crippen molar-refractivity contribution in [3.8, 4) is 11.5 Å². The van der Waals surface area contributed by atoms with Gasteiger partial charge in [0, 0.05) is 53.2 Å². The van der Waals surface area contributed by atoms with Crippen LogP contribution in [0.25, 0.3) is 0 Å². The van der Waals surface area contributed by atoms with Crippen LogP contribution in [0.2, 0.25) is 0 Å². The molecule has 1 unspecified atom stereocenters. The quantitative estimate of drug-likeness (QED) is 0.130. The van der Waals surface area contributed by atoms with Gasteiger partial charge in [0.2, 0.25) is 0 Å². The van der Waals surface area contributed by atoms with Crippen molar-refractivity contribution in [2.45, 2.75) is 69.0 Å². The Balaban J connectivity index is 0.00000464. The number of phenols is 2. The number of nitrogens with one attached hydrogen (secondary N) is 1. The van der Waals surface area contributed by atoms with E-state index < -0.39 is 72.0 Å². The molecule has 6 N–H and O–H groups in total. The summed E-state index contributed by atoms with van der Waals surface area (Å²) in [6.07, 6.45) is -4.36. The molecule has 4 aromatic rings. The minimum absolute atomic E-state index is 0. The van der Waals surface area contributed by atoms with Crippen LogP contribution in [-0.2, 0) is 32.0 Å². The second kappa shape index (κ2) is 15.0. The number of aliphatic hydroxyl groups is 1. The molecule has 0 aromatic heterocycles. The number of nitrogens with two attached hydrogens (primary N) is 1. The summed E-state index contributed by atoms with van der Waals surface area (Å²) in [5.41, 5.74) is 5.64. The first kappa shape index (κ1) is 37.0. The third-order valence-electron chi connectivity index (χ3n) is 9.66. The van der Waals surface area contributed by atoms with Gasteiger partial charge in [-0.1, -0.05) is 72.8 Å². The summed E-state index contributed by atoms with van der Waals surface area (Å²) in [5.74, 6) is -2.41. The molecular weight excluding hydrogens is 692 g/mol. The number of ketones is 2. The monoisotopic (exact) mass is 730 g/mol. The SMILES string of the molecule is C[C@H]1O[C@@H](O[C@H]2CC(O)(COC(=O)Nc3ccccc3)Cc3c(O)c4c(c(O)c32)C(=O)c2ccccc2C4=O)C[C@H](N)[C@H]1OCc1ccccc1.Cl. The van der Waals surface area contributed by atoms with Gasteiger partial charge in [0.15, 0.2) is 17.9 Å². The van der Waals surface area contributed by atoms with Crippen LogP contribution in [0.4, 0.5) is 10.5 Å². The molecule has 1 heterocycles. The largest absolute Gasteiger partial charge is 0.507 e. The van der Waals surface area contributed by atoms with Gasteiger partial charge in [-0.05, 0) is 24.6 Å². The van der Waals surface area contributed by atoms with Crippen LogP contribution < -0.4 is 11.1 Å². The third-order valence-corrected chi connectivity index (χ3v) is 9.66. The lowest BCUT2D eigenvalue weighted by molar-refractivity contribution is -0.255. The zero-order valence-electron chi connectivity index (χ0n) is 28.2. The molecule has 272 valence electrons. The topological polar surface area (TPSA) is 187 Å². The second-order valence-electron chi connectivity index (χ2n) is 13.3. The molecule has 6 atom stereocenters. The van der Waals surface area contributed by atoms with E-state index in [-0.39, 0.29) is 65.1 Å². The Labute approximate surface area is 305 Å². The molecule has 4 aromatic carbocycles. The third kappa shape index (κ3) is 7.13. The van der Waals surface area contributed by atoms with E-state index >= 15 is 0 Å². The smallest absolute Gasteiger partial charge is 0.411 e. The van der Waals surface area contributed by atoms with Gasteiger partial charge in [-0.3, -0.25) is 14.9 Å². The van der Waals surface area contributed by atoms with Gasteiger partial charge in [-0.15, -0.1) is 12.4 Å². The van der Waals surface area contributed by atoms with Crippen molar-refractivity contribution in [1.29, 1.82) is 0 Å². The van der Waals surface area contributed by atoms with Crippen LogP contribution in [0, 0.1) is 0 Å². The number of benzene rings is 4. The Morgan fingerprint density at radius 2 is 1.52 bits per heavy atom. The highest BCUT2D eigenvalue weighted by Crippen LogP contribution is 2.52. The number of anilines is 1. The molecule has 1 fully saturated rings. The number of fused-ring (bicyclic) bond motifs is 3. The van der Waals surface area contributed by atoms with Crippen LogP contribution in [-0.4, -0.2) is 69.7 Å². The second-order valence-corrected chi connectivity index (χ2v) is 13.3. The number of para-hydroxylation sites is 1. The van der Waals surface area contributed by atoms with Crippen LogP contribution in [0.3, 0.4) is 0 Å². The standard InChI is InChI=1S/C39H38N2O10.ClH/c1-21-37(48-19-22-10-4-2-5-11-22)27(40)16-29(50-21)51-28-18-39(47,20-49-38(46)41-23-12-6-3-7-13-23)17-26-30(28)36(45)32-31(35(26)44)33(42)24-14-8-9-15-25(24)34(32)43;/h2-15,21,27-29,37,44-45,47H,16-20,40H2,1H3,(H,41,46);1H/t21-,27+,28+,29+,37+,39?;/m1./s1. The summed E-state index contributed by atoms with van der Waals surface area (Å²) in [5, 5.41) is 38.0. The van der Waals surface area contributed by atoms with Crippen molar-refractivity contribution in [3.05, 3.63) is 124 Å². The van der Waals surface area contributed by atoms with Crippen LogP contribution >= 0.6 is 12.4 Å². The molecule has 0 radical (unpaired) electrons. The Morgan fingerprint density at radius 1 is 0.923 bits per heavy atom. The lowest BCUT2D eigenvalue weighted by atomic mass is 9.73. The summed E-state index contributed by atoms with van der Waals surface area (Å²) >= 11 is 0. The van der Waals surface area contributed by atoms with Gasteiger partial charge in [-0.25, -0.2) is 4.79 Å². The number of halogens is 1. The predicted molar refractivity (Wildman–Crippen MR) is 191 cm³/mol. The number of phenolic OH excluding ortho intramolecular Hbond substituents is 2. The van der Waals surface area contributed by atoms with E-state index in [1.807, 2.05) is 30.3 Å². The van der Waals surface area contributed by atoms with Crippen LogP contribution in [0.1, 0.15) is 74.4 Å². The molecule has 3 aliphatic rings. The first-order valence-corrected chi connectivity index (χ1v) is 16.8. The van der Waals surface area contributed by atoms with Crippen molar-refractivity contribution in [2.75, 3.05) is 11.9 Å². The molecule has 1 aliphatic heterocycles. The molecule has 7 rings (SSSR count). The fourth-order valence-corrected chi connectivity index (χ4v) is 7.23. The minimum Gasteiger partial charge on any atom is -0.507 e. The zero-order chi connectivity index (χ0) is 35.9.